The largest absolute Gasteiger partial charge is 0.342 e. The second-order valence-corrected chi connectivity index (χ2v) is 6.86. The summed E-state index contributed by atoms with van der Waals surface area (Å²) in [6.07, 6.45) is 2.14. The highest BCUT2D eigenvalue weighted by Crippen LogP contribution is 2.19. The van der Waals surface area contributed by atoms with Crippen molar-refractivity contribution in [1.29, 1.82) is 0 Å². The van der Waals surface area contributed by atoms with Gasteiger partial charge < -0.3 is 10.2 Å². The van der Waals surface area contributed by atoms with Crippen molar-refractivity contribution in [2.75, 3.05) is 13.1 Å². The van der Waals surface area contributed by atoms with Crippen LogP contribution in [0.15, 0.2) is 24.3 Å². The van der Waals surface area contributed by atoms with Crippen LogP contribution in [0.25, 0.3) is 0 Å². The quantitative estimate of drug-likeness (QED) is 0.905. The number of rotatable bonds is 5. The number of carbonyl (C=O) groups excluding carboxylic acids is 1. The molecule has 0 aliphatic carbocycles. The highest BCUT2D eigenvalue weighted by Gasteiger charge is 2.29. The van der Waals surface area contributed by atoms with Gasteiger partial charge in [0.15, 0.2) is 0 Å². The highest BCUT2D eigenvalue weighted by atomic mass is 16.2. The van der Waals surface area contributed by atoms with Gasteiger partial charge in [0.2, 0.25) is 5.91 Å². The molecule has 1 N–H and O–H groups in total. The Labute approximate surface area is 135 Å². The molecule has 0 saturated carbocycles. The number of benzene rings is 1. The molecule has 0 spiro atoms. The van der Waals surface area contributed by atoms with Crippen molar-refractivity contribution >= 4 is 5.91 Å². The average molecular weight is 302 g/mol. The number of nitrogens with one attached hydrogen (secondary N) is 1. The maximum absolute atomic E-state index is 12.1. The SMILES string of the molecule is CCc1ccc(CN[C@@H]2CCN(C(=O)C(C)C)C[C@@H]2C)cc1. The summed E-state index contributed by atoms with van der Waals surface area (Å²) in [6, 6.07) is 9.36. The smallest absolute Gasteiger partial charge is 0.225 e. The molecule has 1 saturated heterocycles. The summed E-state index contributed by atoms with van der Waals surface area (Å²) in [5, 5.41) is 3.68. The Morgan fingerprint density at radius 1 is 1.27 bits per heavy atom. The minimum Gasteiger partial charge on any atom is -0.342 e. The molecule has 1 aliphatic heterocycles. The first-order chi connectivity index (χ1) is 10.5. The van der Waals surface area contributed by atoms with E-state index < -0.39 is 0 Å². The van der Waals surface area contributed by atoms with E-state index in [2.05, 4.69) is 43.4 Å². The normalized spacial score (nSPS) is 22.1. The topological polar surface area (TPSA) is 32.3 Å². The zero-order valence-corrected chi connectivity index (χ0v) is 14.4. The minimum atomic E-state index is 0.105. The van der Waals surface area contributed by atoms with E-state index in [-0.39, 0.29) is 5.92 Å². The lowest BCUT2D eigenvalue weighted by atomic mass is 9.92. The average Bonchev–Trinajstić information content (AvgIpc) is 2.53. The fraction of sp³-hybridized carbons (Fsp3) is 0.632. The van der Waals surface area contributed by atoms with Gasteiger partial charge in [-0.2, -0.15) is 0 Å². The van der Waals surface area contributed by atoms with Crippen LogP contribution in [0.5, 0.6) is 0 Å². The van der Waals surface area contributed by atoms with Crippen LogP contribution < -0.4 is 5.32 Å². The van der Waals surface area contributed by atoms with E-state index in [1.165, 1.54) is 11.1 Å². The number of hydrogen-bond donors (Lipinski definition) is 1. The first-order valence-corrected chi connectivity index (χ1v) is 8.61. The van der Waals surface area contributed by atoms with E-state index in [1.807, 2.05) is 18.7 Å². The number of nitrogens with zero attached hydrogens (tertiary/aromatic N) is 1. The van der Waals surface area contributed by atoms with Crippen LogP contribution in [0.2, 0.25) is 0 Å². The third-order valence-electron chi connectivity index (χ3n) is 4.71. The molecule has 2 rings (SSSR count). The minimum absolute atomic E-state index is 0.105. The number of amides is 1. The van der Waals surface area contributed by atoms with E-state index in [9.17, 15) is 4.79 Å². The highest BCUT2D eigenvalue weighted by molar-refractivity contribution is 5.78. The molecule has 1 fully saturated rings. The number of piperidine rings is 1. The Kier molecular flexibility index (Phi) is 6.01. The Bertz CT molecular complexity index is 481. The third kappa shape index (κ3) is 4.33. The van der Waals surface area contributed by atoms with Crippen molar-refractivity contribution in [3.63, 3.8) is 0 Å². The molecule has 0 unspecified atom stereocenters. The Balaban J connectivity index is 1.83. The fourth-order valence-electron chi connectivity index (χ4n) is 3.16. The molecule has 1 aromatic carbocycles. The second kappa shape index (κ2) is 7.77. The molecule has 1 heterocycles. The van der Waals surface area contributed by atoms with Gasteiger partial charge in [-0.25, -0.2) is 0 Å². The predicted molar refractivity (Wildman–Crippen MR) is 91.6 cm³/mol. The van der Waals surface area contributed by atoms with Crippen molar-refractivity contribution < 1.29 is 4.79 Å². The standard InChI is InChI=1S/C19H30N2O/c1-5-16-6-8-17(9-7-16)12-20-18-10-11-21(13-15(18)4)19(22)14(2)3/h6-9,14-15,18,20H,5,10-13H2,1-4H3/t15-,18+/m0/s1. The van der Waals surface area contributed by atoms with E-state index >= 15 is 0 Å². The van der Waals surface area contributed by atoms with Crippen molar-refractivity contribution in [3.05, 3.63) is 35.4 Å². The lowest BCUT2D eigenvalue weighted by Gasteiger charge is -2.38. The fourth-order valence-corrected chi connectivity index (χ4v) is 3.16. The summed E-state index contributed by atoms with van der Waals surface area (Å²) < 4.78 is 0. The maximum Gasteiger partial charge on any atom is 0.225 e. The van der Waals surface area contributed by atoms with Gasteiger partial charge in [-0.05, 0) is 29.9 Å². The summed E-state index contributed by atoms with van der Waals surface area (Å²) >= 11 is 0. The van der Waals surface area contributed by atoms with Crippen LogP contribution in [0.1, 0.15) is 45.2 Å². The van der Waals surface area contributed by atoms with Crippen molar-refractivity contribution in [3.8, 4) is 0 Å². The summed E-state index contributed by atoms with van der Waals surface area (Å²) in [6.45, 7) is 11.1. The molecule has 0 bridgehead atoms. The van der Waals surface area contributed by atoms with Gasteiger partial charge in [-0.3, -0.25) is 4.79 Å². The zero-order valence-electron chi connectivity index (χ0n) is 14.4. The predicted octanol–water partition coefficient (Wildman–Crippen LogP) is 3.23. The summed E-state index contributed by atoms with van der Waals surface area (Å²) in [5.74, 6) is 0.903. The lowest BCUT2D eigenvalue weighted by Crippen LogP contribution is -2.50. The molecule has 1 aliphatic rings. The Morgan fingerprint density at radius 3 is 2.45 bits per heavy atom. The lowest BCUT2D eigenvalue weighted by molar-refractivity contribution is -0.136. The second-order valence-electron chi connectivity index (χ2n) is 6.86. The molecule has 2 atom stereocenters. The summed E-state index contributed by atoms with van der Waals surface area (Å²) in [5.41, 5.74) is 2.72. The molecular weight excluding hydrogens is 272 g/mol. The summed E-state index contributed by atoms with van der Waals surface area (Å²) in [7, 11) is 0. The van der Waals surface area contributed by atoms with Crippen LogP contribution in [-0.4, -0.2) is 29.9 Å². The molecule has 1 aromatic rings. The molecule has 0 radical (unpaired) electrons. The third-order valence-corrected chi connectivity index (χ3v) is 4.71. The van der Waals surface area contributed by atoms with E-state index in [0.717, 1.165) is 32.5 Å². The monoisotopic (exact) mass is 302 g/mol. The van der Waals surface area contributed by atoms with Crippen LogP contribution >= 0.6 is 0 Å². The van der Waals surface area contributed by atoms with Crippen LogP contribution in [-0.2, 0) is 17.8 Å². The van der Waals surface area contributed by atoms with Crippen LogP contribution in [0.3, 0.4) is 0 Å². The van der Waals surface area contributed by atoms with Gasteiger partial charge in [0, 0.05) is 31.6 Å². The van der Waals surface area contributed by atoms with Crippen LogP contribution in [0, 0.1) is 11.8 Å². The maximum atomic E-state index is 12.1. The number of likely N-dealkylation sites (tertiary alicyclic amines) is 1. The van der Waals surface area contributed by atoms with Crippen molar-refractivity contribution in [2.45, 2.75) is 53.1 Å². The first-order valence-electron chi connectivity index (χ1n) is 8.61. The van der Waals surface area contributed by atoms with Gasteiger partial charge in [0.05, 0.1) is 0 Å². The van der Waals surface area contributed by atoms with E-state index in [0.29, 0.717) is 17.9 Å². The van der Waals surface area contributed by atoms with Gasteiger partial charge in [0.1, 0.15) is 0 Å². The van der Waals surface area contributed by atoms with Gasteiger partial charge >= 0.3 is 0 Å². The number of aryl methyl sites for hydroxylation is 1. The first kappa shape index (κ1) is 17.0. The molecule has 1 amide bonds. The molecule has 3 heteroatoms. The zero-order chi connectivity index (χ0) is 16.1. The Morgan fingerprint density at radius 2 is 1.91 bits per heavy atom. The molecule has 122 valence electrons. The Hall–Kier alpha value is -1.35. The van der Waals surface area contributed by atoms with Crippen molar-refractivity contribution in [2.24, 2.45) is 11.8 Å². The number of hydrogen-bond acceptors (Lipinski definition) is 2. The van der Waals surface area contributed by atoms with E-state index in [4.69, 9.17) is 0 Å². The molecule has 22 heavy (non-hydrogen) atoms. The van der Waals surface area contributed by atoms with Gasteiger partial charge in [0.25, 0.3) is 0 Å². The summed E-state index contributed by atoms with van der Waals surface area (Å²) in [4.78, 5) is 14.1. The van der Waals surface area contributed by atoms with Crippen molar-refractivity contribution in [1.82, 2.24) is 10.2 Å². The molecule has 3 nitrogen and oxygen atoms in total. The molecular formula is C19H30N2O. The van der Waals surface area contributed by atoms with Gasteiger partial charge in [-0.15, -0.1) is 0 Å². The van der Waals surface area contributed by atoms with Crippen LogP contribution in [0.4, 0.5) is 0 Å². The van der Waals surface area contributed by atoms with E-state index in [1.54, 1.807) is 0 Å². The van der Waals surface area contributed by atoms with Gasteiger partial charge in [-0.1, -0.05) is 52.0 Å². The number of carbonyl (C=O) groups is 1. The molecule has 0 aromatic heterocycles.